The molecule has 0 unspecified atom stereocenters. The van der Waals surface area contributed by atoms with E-state index in [4.69, 9.17) is 9.47 Å². The molecule has 0 aromatic heterocycles. The number of rotatable bonds is 7. The third-order valence-corrected chi connectivity index (χ3v) is 4.99. The van der Waals surface area contributed by atoms with Crippen LogP contribution < -0.4 is 0 Å². The van der Waals surface area contributed by atoms with Gasteiger partial charge >= 0.3 is 0 Å². The van der Waals surface area contributed by atoms with Crippen molar-refractivity contribution < 1.29 is 9.47 Å². The molecule has 1 aliphatic heterocycles. The number of benzene rings is 2. The molecule has 0 N–H and O–H groups in total. The lowest BCUT2D eigenvalue weighted by Gasteiger charge is -2.27. The fraction of sp³-hybridized carbons (Fsp3) is 0.368. The number of hydrogen-bond donors (Lipinski definition) is 0. The second-order valence-electron chi connectivity index (χ2n) is 5.46. The SMILES string of the molecule is c1ccc(CSCCCC2(c3ccccc3)OCCO2)cc1. The van der Waals surface area contributed by atoms with Crippen molar-refractivity contribution in [3.05, 3.63) is 71.8 Å². The van der Waals surface area contributed by atoms with Crippen LogP contribution in [0, 0.1) is 0 Å². The zero-order valence-electron chi connectivity index (χ0n) is 12.7. The fourth-order valence-electron chi connectivity index (χ4n) is 2.77. The predicted molar refractivity (Wildman–Crippen MR) is 91.9 cm³/mol. The van der Waals surface area contributed by atoms with Crippen LogP contribution in [0.4, 0.5) is 0 Å². The van der Waals surface area contributed by atoms with E-state index >= 15 is 0 Å². The van der Waals surface area contributed by atoms with Crippen molar-refractivity contribution >= 4 is 11.8 Å². The summed E-state index contributed by atoms with van der Waals surface area (Å²) in [6.45, 7) is 1.37. The first-order valence-corrected chi connectivity index (χ1v) is 9.00. The molecule has 1 fully saturated rings. The molecule has 1 saturated heterocycles. The largest absolute Gasteiger partial charge is 0.343 e. The summed E-state index contributed by atoms with van der Waals surface area (Å²) >= 11 is 1.97. The van der Waals surface area contributed by atoms with Gasteiger partial charge in [0, 0.05) is 17.7 Å². The topological polar surface area (TPSA) is 18.5 Å². The lowest BCUT2D eigenvalue weighted by Crippen LogP contribution is -2.27. The van der Waals surface area contributed by atoms with Crippen molar-refractivity contribution in [2.45, 2.75) is 24.4 Å². The smallest absolute Gasteiger partial charge is 0.195 e. The van der Waals surface area contributed by atoms with Gasteiger partial charge in [-0.05, 0) is 17.7 Å². The summed E-state index contributed by atoms with van der Waals surface area (Å²) in [4.78, 5) is 0. The zero-order valence-corrected chi connectivity index (χ0v) is 13.6. The summed E-state index contributed by atoms with van der Waals surface area (Å²) in [6.07, 6.45) is 2.01. The van der Waals surface area contributed by atoms with E-state index < -0.39 is 5.79 Å². The molecular weight excluding hydrogens is 292 g/mol. The standard InChI is InChI=1S/C19H22O2S/c1-3-8-17(9-4-1)16-22-15-7-12-19(20-13-14-21-19)18-10-5-2-6-11-18/h1-6,8-11H,7,12-16H2. The van der Waals surface area contributed by atoms with Gasteiger partial charge in [-0.3, -0.25) is 0 Å². The van der Waals surface area contributed by atoms with E-state index in [1.54, 1.807) is 0 Å². The molecule has 116 valence electrons. The molecule has 0 radical (unpaired) electrons. The van der Waals surface area contributed by atoms with Crippen LogP contribution in [0.1, 0.15) is 24.0 Å². The van der Waals surface area contributed by atoms with Crippen molar-refractivity contribution in [3.8, 4) is 0 Å². The van der Waals surface area contributed by atoms with Gasteiger partial charge in [0.05, 0.1) is 13.2 Å². The zero-order chi connectivity index (χ0) is 15.1. The number of hydrogen-bond acceptors (Lipinski definition) is 3. The number of ether oxygens (including phenoxy) is 2. The van der Waals surface area contributed by atoms with Crippen LogP contribution in [0.3, 0.4) is 0 Å². The highest BCUT2D eigenvalue weighted by Gasteiger charge is 2.37. The maximum absolute atomic E-state index is 5.96. The fourth-order valence-corrected chi connectivity index (χ4v) is 3.69. The van der Waals surface area contributed by atoms with E-state index in [0.717, 1.165) is 29.9 Å². The van der Waals surface area contributed by atoms with Gasteiger partial charge in [-0.25, -0.2) is 0 Å². The lowest BCUT2D eigenvalue weighted by atomic mass is 10.0. The van der Waals surface area contributed by atoms with Gasteiger partial charge in [0.2, 0.25) is 0 Å². The second kappa shape index (κ2) is 7.82. The average molecular weight is 314 g/mol. The molecule has 3 heteroatoms. The van der Waals surface area contributed by atoms with Crippen LogP contribution in [-0.2, 0) is 21.0 Å². The van der Waals surface area contributed by atoms with Gasteiger partial charge in [-0.15, -0.1) is 0 Å². The molecular formula is C19H22O2S. The van der Waals surface area contributed by atoms with E-state index in [-0.39, 0.29) is 0 Å². The highest BCUT2D eigenvalue weighted by molar-refractivity contribution is 7.98. The molecule has 1 heterocycles. The Morgan fingerprint density at radius 2 is 1.50 bits per heavy atom. The van der Waals surface area contributed by atoms with Gasteiger partial charge < -0.3 is 9.47 Å². The van der Waals surface area contributed by atoms with Crippen LogP contribution in [0.25, 0.3) is 0 Å². The minimum atomic E-state index is -0.519. The average Bonchev–Trinajstić information content (AvgIpc) is 3.06. The third-order valence-electron chi connectivity index (χ3n) is 3.87. The van der Waals surface area contributed by atoms with Crippen molar-refractivity contribution in [3.63, 3.8) is 0 Å². The molecule has 0 bridgehead atoms. The van der Waals surface area contributed by atoms with Crippen LogP contribution in [0.5, 0.6) is 0 Å². The molecule has 0 atom stereocenters. The highest BCUT2D eigenvalue weighted by atomic mass is 32.2. The second-order valence-corrected chi connectivity index (χ2v) is 6.56. The third kappa shape index (κ3) is 3.92. The molecule has 2 nitrogen and oxygen atoms in total. The molecule has 1 aliphatic rings. The molecule has 2 aromatic rings. The van der Waals surface area contributed by atoms with Crippen LogP contribution in [0.2, 0.25) is 0 Å². The quantitative estimate of drug-likeness (QED) is 0.696. The minimum Gasteiger partial charge on any atom is -0.343 e. The summed E-state index contributed by atoms with van der Waals surface area (Å²) in [5.41, 5.74) is 2.53. The maximum Gasteiger partial charge on any atom is 0.195 e. The van der Waals surface area contributed by atoms with E-state index in [9.17, 15) is 0 Å². The Kier molecular flexibility index (Phi) is 5.54. The first-order valence-electron chi connectivity index (χ1n) is 7.84. The van der Waals surface area contributed by atoms with Crippen molar-refractivity contribution in [1.82, 2.24) is 0 Å². The first-order chi connectivity index (χ1) is 10.9. The molecule has 0 amide bonds. The van der Waals surface area contributed by atoms with Gasteiger partial charge in [-0.1, -0.05) is 60.7 Å². The molecule has 0 aliphatic carbocycles. The summed E-state index contributed by atoms with van der Waals surface area (Å²) in [7, 11) is 0. The Morgan fingerprint density at radius 1 is 0.864 bits per heavy atom. The van der Waals surface area contributed by atoms with Crippen LogP contribution >= 0.6 is 11.8 Å². The Hall–Kier alpha value is -1.29. The predicted octanol–water partition coefficient (Wildman–Crippen LogP) is 4.60. The minimum absolute atomic E-state index is 0.519. The summed E-state index contributed by atoms with van der Waals surface area (Å²) in [5, 5.41) is 0. The van der Waals surface area contributed by atoms with Crippen molar-refractivity contribution in [2.24, 2.45) is 0 Å². The Labute approximate surface area is 136 Å². The first kappa shape index (κ1) is 15.6. The Morgan fingerprint density at radius 3 is 2.18 bits per heavy atom. The molecule has 3 rings (SSSR count). The molecule has 0 saturated carbocycles. The molecule has 2 aromatic carbocycles. The number of thioether (sulfide) groups is 1. The van der Waals surface area contributed by atoms with Crippen LogP contribution in [0.15, 0.2) is 60.7 Å². The summed E-state index contributed by atoms with van der Waals surface area (Å²) < 4.78 is 11.9. The summed E-state index contributed by atoms with van der Waals surface area (Å²) in [5.74, 6) is 1.67. The van der Waals surface area contributed by atoms with Crippen LogP contribution in [-0.4, -0.2) is 19.0 Å². The Balaban J connectivity index is 1.49. The Bertz CT molecular complexity index is 550. The molecule has 0 spiro atoms. The normalized spacial score (nSPS) is 16.7. The maximum atomic E-state index is 5.96. The monoisotopic (exact) mass is 314 g/mol. The lowest BCUT2D eigenvalue weighted by molar-refractivity contribution is -0.170. The molecule has 22 heavy (non-hydrogen) atoms. The highest BCUT2D eigenvalue weighted by Crippen LogP contribution is 2.36. The van der Waals surface area contributed by atoms with E-state index in [1.807, 2.05) is 30.0 Å². The van der Waals surface area contributed by atoms with E-state index in [0.29, 0.717) is 13.2 Å². The van der Waals surface area contributed by atoms with Crippen molar-refractivity contribution in [1.29, 1.82) is 0 Å². The van der Waals surface area contributed by atoms with Gasteiger partial charge in [-0.2, -0.15) is 11.8 Å². The van der Waals surface area contributed by atoms with E-state index in [2.05, 4.69) is 42.5 Å². The van der Waals surface area contributed by atoms with Crippen molar-refractivity contribution in [2.75, 3.05) is 19.0 Å². The summed E-state index contributed by atoms with van der Waals surface area (Å²) in [6, 6.07) is 20.9. The van der Waals surface area contributed by atoms with Gasteiger partial charge in [0.1, 0.15) is 0 Å². The van der Waals surface area contributed by atoms with Gasteiger partial charge in [0.15, 0.2) is 5.79 Å². The van der Waals surface area contributed by atoms with Gasteiger partial charge in [0.25, 0.3) is 0 Å². The van der Waals surface area contributed by atoms with E-state index in [1.165, 1.54) is 5.56 Å².